The average molecular weight is 420 g/mol. The molecule has 1 aromatic heterocycles. The number of fused-ring (bicyclic) bond motifs is 1. The van der Waals surface area contributed by atoms with Crippen molar-refractivity contribution in [2.75, 3.05) is 52.5 Å². The minimum Gasteiger partial charge on any atom is -0.379 e. The number of nitrogens with one attached hydrogen (secondary N) is 1. The molecular weight excluding hydrogens is 386 g/mol. The quantitative estimate of drug-likeness (QED) is 0.795. The lowest BCUT2D eigenvalue weighted by molar-refractivity contribution is -0.125. The van der Waals surface area contributed by atoms with E-state index in [-0.39, 0.29) is 17.7 Å². The lowest BCUT2D eigenvalue weighted by atomic mass is 9.87. The van der Waals surface area contributed by atoms with Crippen molar-refractivity contribution in [3.63, 3.8) is 0 Å². The molecule has 4 rings (SSSR count). The Bertz CT molecular complexity index is 721. The highest BCUT2D eigenvalue weighted by atomic mass is 32.1. The van der Waals surface area contributed by atoms with Gasteiger partial charge in [0, 0.05) is 50.1 Å². The first-order valence-corrected chi connectivity index (χ1v) is 11.9. The molecule has 2 amide bonds. The second-order valence-corrected chi connectivity index (χ2v) is 9.86. The highest BCUT2D eigenvalue weighted by Gasteiger charge is 2.29. The molecule has 2 saturated heterocycles. The molecule has 0 radical (unpaired) electrons. The van der Waals surface area contributed by atoms with Crippen LogP contribution in [-0.4, -0.2) is 74.1 Å². The summed E-state index contributed by atoms with van der Waals surface area (Å²) in [5, 5.41) is 3.12. The van der Waals surface area contributed by atoms with E-state index in [1.54, 1.807) is 11.3 Å². The van der Waals surface area contributed by atoms with E-state index < -0.39 is 0 Å². The van der Waals surface area contributed by atoms with Crippen molar-refractivity contribution in [3.8, 4) is 0 Å². The molecule has 160 valence electrons. The molecular formula is C22H33N3O3S. The van der Waals surface area contributed by atoms with E-state index >= 15 is 0 Å². The van der Waals surface area contributed by atoms with Gasteiger partial charge >= 0.3 is 0 Å². The summed E-state index contributed by atoms with van der Waals surface area (Å²) in [6, 6.07) is 2.06. The molecule has 0 saturated carbocycles. The molecule has 1 N–H and O–H groups in total. The minimum atomic E-state index is 0.0283. The molecule has 2 aliphatic heterocycles. The van der Waals surface area contributed by atoms with Crippen molar-refractivity contribution in [2.24, 2.45) is 11.8 Å². The van der Waals surface area contributed by atoms with Crippen LogP contribution in [0.1, 0.15) is 46.3 Å². The Morgan fingerprint density at radius 3 is 2.69 bits per heavy atom. The van der Waals surface area contributed by atoms with Crippen LogP contribution in [0.25, 0.3) is 0 Å². The molecule has 0 bridgehead atoms. The molecule has 1 unspecified atom stereocenters. The lowest BCUT2D eigenvalue weighted by Crippen LogP contribution is -2.43. The van der Waals surface area contributed by atoms with Gasteiger partial charge in [0.05, 0.1) is 18.1 Å². The zero-order chi connectivity index (χ0) is 20.2. The normalized spacial score (nSPS) is 23.6. The van der Waals surface area contributed by atoms with E-state index in [0.29, 0.717) is 6.54 Å². The summed E-state index contributed by atoms with van der Waals surface area (Å²) in [4.78, 5) is 32.0. The average Bonchev–Trinajstić information content (AvgIpc) is 3.18. The molecule has 1 aromatic rings. The molecule has 3 aliphatic rings. The Labute approximate surface area is 177 Å². The number of morpholine rings is 1. The molecule has 7 heteroatoms. The van der Waals surface area contributed by atoms with Crippen LogP contribution in [0, 0.1) is 11.8 Å². The summed E-state index contributed by atoms with van der Waals surface area (Å²) in [6.45, 7) is 9.06. The molecule has 0 spiro atoms. The summed E-state index contributed by atoms with van der Waals surface area (Å²) < 4.78 is 5.36. The van der Waals surface area contributed by atoms with Gasteiger partial charge in [0.15, 0.2) is 0 Å². The van der Waals surface area contributed by atoms with Crippen LogP contribution in [0.2, 0.25) is 0 Å². The fourth-order valence-electron chi connectivity index (χ4n) is 4.53. The van der Waals surface area contributed by atoms with Crippen LogP contribution in [0.5, 0.6) is 0 Å². The van der Waals surface area contributed by atoms with Gasteiger partial charge in [0.25, 0.3) is 5.91 Å². The van der Waals surface area contributed by atoms with Crippen LogP contribution < -0.4 is 5.32 Å². The van der Waals surface area contributed by atoms with Crippen LogP contribution in [-0.2, 0) is 22.4 Å². The monoisotopic (exact) mass is 419 g/mol. The SMILES string of the molecule is CC1CCN(C(=O)c2cc3c(s2)CCC(C(=O)NCCN2CCOCC2)C3)CC1. The first-order chi connectivity index (χ1) is 14.1. The van der Waals surface area contributed by atoms with Gasteiger partial charge in [-0.15, -0.1) is 11.3 Å². The van der Waals surface area contributed by atoms with Crippen molar-refractivity contribution in [3.05, 3.63) is 21.4 Å². The minimum absolute atomic E-state index is 0.0283. The van der Waals surface area contributed by atoms with Crippen LogP contribution in [0.3, 0.4) is 0 Å². The molecule has 2 fully saturated rings. The maximum atomic E-state index is 12.9. The smallest absolute Gasteiger partial charge is 0.263 e. The van der Waals surface area contributed by atoms with E-state index in [2.05, 4.69) is 23.2 Å². The third kappa shape index (κ3) is 5.19. The van der Waals surface area contributed by atoms with Gasteiger partial charge in [-0.2, -0.15) is 0 Å². The Hall–Kier alpha value is -1.44. The van der Waals surface area contributed by atoms with Crippen LogP contribution in [0.15, 0.2) is 6.07 Å². The number of thiophene rings is 1. The number of hydrogen-bond acceptors (Lipinski definition) is 5. The van der Waals surface area contributed by atoms with Crippen molar-refractivity contribution >= 4 is 23.2 Å². The van der Waals surface area contributed by atoms with E-state index in [1.807, 2.05) is 4.90 Å². The zero-order valence-corrected chi connectivity index (χ0v) is 18.3. The number of carbonyl (C=O) groups excluding carboxylic acids is 2. The fraction of sp³-hybridized carbons (Fsp3) is 0.727. The van der Waals surface area contributed by atoms with Gasteiger partial charge in [-0.05, 0) is 49.7 Å². The van der Waals surface area contributed by atoms with Gasteiger partial charge in [-0.25, -0.2) is 0 Å². The number of amides is 2. The van der Waals surface area contributed by atoms with Crippen molar-refractivity contribution in [1.82, 2.24) is 15.1 Å². The zero-order valence-electron chi connectivity index (χ0n) is 17.5. The summed E-state index contributed by atoms with van der Waals surface area (Å²) in [5.41, 5.74) is 1.21. The Morgan fingerprint density at radius 2 is 1.93 bits per heavy atom. The third-order valence-corrected chi connectivity index (χ3v) is 7.79. The van der Waals surface area contributed by atoms with E-state index in [9.17, 15) is 9.59 Å². The number of rotatable bonds is 5. The predicted molar refractivity (Wildman–Crippen MR) is 114 cm³/mol. The maximum absolute atomic E-state index is 12.9. The van der Waals surface area contributed by atoms with Gasteiger partial charge in [0.1, 0.15) is 0 Å². The van der Waals surface area contributed by atoms with Gasteiger partial charge < -0.3 is 15.0 Å². The fourth-order valence-corrected chi connectivity index (χ4v) is 5.70. The van der Waals surface area contributed by atoms with Crippen molar-refractivity contribution < 1.29 is 14.3 Å². The summed E-state index contributed by atoms with van der Waals surface area (Å²) in [5.74, 6) is 1.09. The van der Waals surface area contributed by atoms with Gasteiger partial charge in [-0.3, -0.25) is 14.5 Å². The summed E-state index contributed by atoms with van der Waals surface area (Å²) in [7, 11) is 0. The largest absolute Gasteiger partial charge is 0.379 e. The first-order valence-electron chi connectivity index (χ1n) is 11.1. The van der Waals surface area contributed by atoms with Gasteiger partial charge in [0.2, 0.25) is 5.91 Å². The number of likely N-dealkylation sites (tertiary alicyclic amines) is 1. The Balaban J connectivity index is 1.28. The third-order valence-electron chi connectivity index (χ3n) is 6.57. The van der Waals surface area contributed by atoms with Gasteiger partial charge in [-0.1, -0.05) is 6.92 Å². The predicted octanol–water partition coefficient (Wildman–Crippen LogP) is 2.17. The first kappa shape index (κ1) is 20.8. The molecule has 1 atom stereocenters. The second-order valence-electron chi connectivity index (χ2n) is 8.72. The van der Waals surface area contributed by atoms with E-state index in [0.717, 1.165) is 88.8 Å². The lowest BCUT2D eigenvalue weighted by Gasteiger charge is -2.29. The molecule has 29 heavy (non-hydrogen) atoms. The van der Waals surface area contributed by atoms with E-state index in [1.165, 1.54) is 10.4 Å². The highest BCUT2D eigenvalue weighted by Crippen LogP contribution is 2.33. The second kappa shape index (κ2) is 9.58. The number of aryl methyl sites for hydroxylation is 1. The number of piperidine rings is 1. The number of carbonyl (C=O) groups is 2. The number of ether oxygens (including phenoxy) is 1. The van der Waals surface area contributed by atoms with Crippen molar-refractivity contribution in [1.29, 1.82) is 0 Å². The Kier molecular flexibility index (Phi) is 6.88. The van der Waals surface area contributed by atoms with Crippen molar-refractivity contribution in [2.45, 2.75) is 39.0 Å². The Morgan fingerprint density at radius 1 is 1.17 bits per heavy atom. The standard InChI is InChI=1S/C22H33N3O3S/c1-16-4-7-25(8-5-16)22(27)20-15-18-14-17(2-3-19(18)29-20)21(26)23-6-9-24-10-12-28-13-11-24/h15-17H,2-14H2,1H3,(H,23,26). The highest BCUT2D eigenvalue weighted by molar-refractivity contribution is 7.14. The maximum Gasteiger partial charge on any atom is 0.263 e. The molecule has 6 nitrogen and oxygen atoms in total. The molecule has 1 aliphatic carbocycles. The van der Waals surface area contributed by atoms with Crippen LogP contribution >= 0.6 is 11.3 Å². The number of nitrogens with zero attached hydrogens (tertiary/aromatic N) is 2. The molecule has 3 heterocycles. The number of hydrogen-bond donors (Lipinski definition) is 1. The molecule has 0 aromatic carbocycles. The van der Waals surface area contributed by atoms with E-state index in [4.69, 9.17) is 4.74 Å². The summed E-state index contributed by atoms with van der Waals surface area (Å²) >= 11 is 1.65. The topological polar surface area (TPSA) is 61.9 Å². The van der Waals surface area contributed by atoms with Crippen LogP contribution in [0.4, 0.5) is 0 Å². The summed E-state index contributed by atoms with van der Waals surface area (Å²) in [6.07, 6.45) is 4.75.